The lowest BCUT2D eigenvalue weighted by molar-refractivity contribution is 0.0806. The van der Waals surface area contributed by atoms with Crippen LogP contribution in [0.5, 0.6) is 0 Å². The van der Waals surface area contributed by atoms with E-state index < -0.39 is 6.10 Å². The summed E-state index contributed by atoms with van der Waals surface area (Å²) in [4.78, 5) is 4.20. The minimum Gasteiger partial charge on any atom is -0.391 e. The molecule has 0 bridgehead atoms. The first-order valence-corrected chi connectivity index (χ1v) is 5.05. The fourth-order valence-corrected chi connectivity index (χ4v) is 1.66. The Hall–Kier alpha value is -0.940. The number of piperidine rings is 1. The summed E-state index contributed by atoms with van der Waals surface area (Å²) < 4.78 is 5.08. The van der Waals surface area contributed by atoms with E-state index in [2.05, 4.69) is 15.5 Å². The maximum Gasteiger partial charge on any atom is 0.246 e. The van der Waals surface area contributed by atoms with E-state index in [4.69, 9.17) is 4.52 Å². The van der Waals surface area contributed by atoms with Crippen LogP contribution < -0.4 is 5.32 Å². The molecule has 2 N–H and O–H groups in total. The van der Waals surface area contributed by atoms with E-state index >= 15 is 0 Å². The molecule has 0 saturated carbocycles. The number of aliphatic hydroxyl groups excluding tert-OH is 1. The standard InChI is InChI=1S/C9H15N3O2/c1-2-7-11-9(14-12-7)8-6(13)4-3-5-10-8/h6,8,10,13H,2-5H2,1H3. The molecular weight excluding hydrogens is 182 g/mol. The number of nitrogens with zero attached hydrogens (tertiary/aromatic N) is 2. The molecule has 0 spiro atoms. The Kier molecular flexibility index (Phi) is 2.79. The van der Waals surface area contributed by atoms with Crippen molar-refractivity contribution in [1.29, 1.82) is 0 Å². The molecule has 0 radical (unpaired) electrons. The molecular formula is C9H15N3O2. The molecule has 1 saturated heterocycles. The van der Waals surface area contributed by atoms with Gasteiger partial charge in [0.15, 0.2) is 5.82 Å². The first-order chi connectivity index (χ1) is 6.81. The average molecular weight is 197 g/mol. The summed E-state index contributed by atoms with van der Waals surface area (Å²) in [5.41, 5.74) is 0. The highest BCUT2D eigenvalue weighted by Gasteiger charge is 2.28. The van der Waals surface area contributed by atoms with Gasteiger partial charge in [-0.2, -0.15) is 4.98 Å². The monoisotopic (exact) mass is 197 g/mol. The normalized spacial score (nSPS) is 27.9. The van der Waals surface area contributed by atoms with E-state index in [-0.39, 0.29) is 6.04 Å². The molecule has 78 valence electrons. The Bertz CT molecular complexity index is 300. The average Bonchev–Trinajstić information content (AvgIpc) is 2.67. The molecule has 0 aliphatic carbocycles. The maximum atomic E-state index is 9.71. The lowest BCUT2D eigenvalue weighted by atomic mass is 10.0. The summed E-state index contributed by atoms with van der Waals surface area (Å²) in [6.45, 7) is 2.87. The first-order valence-electron chi connectivity index (χ1n) is 5.05. The minimum absolute atomic E-state index is 0.184. The van der Waals surface area contributed by atoms with Gasteiger partial charge in [0, 0.05) is 6.42 Å². The van der Waals surface area contributed by atoms with Gasteiger partial charge in [-0.15, -0.1) is 0 Å². The van der Waals surface area contributed by atoms with Crippen molar-refractivity contribution in [3.05, 3.63) is 11.7 Å². The van der Waals surface area contributed by atoms with Crippen LogP contribution in [0.4, 0.5) is 0 Å². The highest BCUT2D eigenvalue weighted by Crippen LogP contribution is 2.21. The Balaban J connectivity index is 2.12. The van der Waals surface area contributed by atoms with Gasteiger partial charge in [-0.1, -0.05) is 12.1 Å². The van der Waals surface area contributed by atoms with Crippen LogP contribution >= 0.6 is 0 Å². The maximum absolute atomic E-state index is 9.71. The largest absolute Gasteiger partial charge is 0.391 e. The van der Waals surface area contributed by atoms with Crippen LogP contribution in [0.15, 0.2) is 4.52 Å². The summed E-state index contributed by atoms with van der Waals surface area (Å²) in [5.74, 6) is 1.20. The fraction of sp³-hybridized carbons (Fsp3) is 0.778. The smallest absolute Gasteiger partial charge is 0.246 e. The Morgan fingerprint density at radius 2 is 2.50 bits per heavy atom. The zero-order chi connectivity index (χ0) is 9.97. The van der Waals surface area contributed by atoms with E-state index in [1.165, 1.54) is 0 Å². The van der Waals surface area contributed by atoms with Gasteiger partial charge >= 0.3 is 0 Å². The van der Waals surface area contributed by atoms with E-state index in [0.717, 1.165) is 25.8 Å². The van der Waals surface area contributed by atoms with Gasteiger partial charge in [0.1, 0.15) is 6.04 Å². The third-order valence-electron chi connectivity index (χ3n) is 2.49. The zero-order valence-electron chi connectivity index (χ0n) is 8.23. The molecule has 0 amide bonds. The van der Waals surface area contributed by atoms with Crippen LogP contribution in [0.2, 0.25) is 0 Å². The highest BCUT2D eigenvalue weighted by atomic mass is 16.5. The number of hydrogen-bond acceptors (Lipinski definition) is 5. The molecule has 2 atom stereocenters. The topological polar surface area (TPSA) is 71.2 Å². The summed E-state index contributed by atoms with van der Waals surface area (Å²) >= 11 is 0. The van der Waals surface area contributed by atoms with Crippen molar-refractivity contribution in [3.63, 3.8) is 0 Å². The van der Waals surface area contributed by atoms with E-state index in [9.17, 15) is 5.11 Å². The number of aryl methyl sites for hydroxylation is 1. The molecule has 2 rings (SSSR count). The van der Waals surface area contributed by atoms with Gasteiger partial charge in [-0.25, -0.2) is 0 Å². The predicted octanol–water partition coefficient (Wildman–Crippen LogP) is 0.417. The van der Waals surface area contributed by atoms with Gasteiger partial charge in [0.05, 0.1) is 6.10 Å². The van der Waals surface area contributed by atoms with Crippen LogP contribution in [0.3, 0.4) is 0 Å². The van der Waals surface area contributed by atoms with Crippen LogP contribution in [0, 0.1) is 0 Å². The number of aliphatic hydroxyl groups is 1. The second-order valence-corrected chi connectivity index (χ2v) is 3.54. The van der Waals surface area contributed by atoms with Crippen molar-refractivity contribution < 1.29 is 9.63 Å². The molecule has 1 aliphatic rings. The second-order valence-electron chi connectivity index (χ2n) is 3.54. The number of nitrogens with one attached hydrogen (secondary N) is 1. The minimum atomic E-state index is -0.408. The van der Waals surface area contributed by atoms with Gasteiger partial charge in [0.25, 0.3) is 0 Å². The van der Waals surface area contributed by atoms with Gasteiger partial charge in [0.2, 0.25) is 5.89 Å². The molecule has 0 aromatic carbocycles. The van der Waals surface area contributed by atoms with E-state index in [1.807, 2.05) is 6.92 Å². The summed E-state index contributed by atoms with van der Waals surface area (Å²) in [5, 5.41) is 16.7. The van der Waals surface area contributed by atoms with Crippen LogP contribution in [-0.4, -0.2) is 27.9 Å². The molecule has 5 heteroatoms. The van der Waals surface area contributed by atoms with Crippen molar-refractivity contribution in [2.75, 3.05) is 6.54 Å². The predicted molar refractivity (Wildman–Crippen MR) is 49.7 cm³/mol. The first kappa shape index (κ1) is 9.61. The number of aromatic nitrogens is 2. The zero-order valence-corrected chi connectivity index (χ0v) is 8.23. The summed E-state index contributed by atoms with van der Waals surface area (Å²) in [6, 6.07) is -0.184. The lowest BCUT2D eigenvalue weighted by Crippen LogP contribution is -2.37. The lowest BCUT2D eigenvalue weighted by Gasteiger charge is -2.25. The molecule has 1 fully saturated rings. The Morgan fingerprint density at radius 1 is 1.64 bits per heavy atom. The SMILES string of the molecule is CCc1noc(C2NCCCC2O)n1. The third-order valence-corrected chi connectivity index (χ3v) is 2.49. The Morgan fingerprint density at radius 3 is 3.14 bits per heavy atom. The molecule has 14 heavy (non-hydrogen) atoms. The van der Waals surface area contributed by atoms with Crippen molar-refractivity contribution in [2.45, 2.75) is 38.3 Å². The van der Waals surface area contributed by atoms with Crippen LogP contribution in [0.1, 0.15) is 37.5 Å². The molecule has 5 nitrogen and oxygen atoms in total. The summed E-state index contributed by atoms with van der Waals surface area (Å²) in [7, 11) is 0. The summed E-state index contributed by atoms with van der Waals surface area (Å²) in [6.07, 6.45) is 2.13. The molecule has 2 heterocycles. The quantitative estimate of drug-likeness (QED) is 0.718. The van der Waals surface area contributed by atoms with E-state index in [1.54, 1.807) is 0 Å². The van der Waals surface area contributed by atoms with Crippen molar-refractivity contribution in [3.8, 4) is 0 Å². The van der Waals surface area contributed by atoms with E-state index in [0.29, 0.717) is 11.7 Å². The van der Waals surface area contributed by atoms with Gasteiger partial charge in [-0.3, -0.25) is 0 Å². The molecule has 1 aliphatic heterocycles. The Labute approximate surface area is 82.5 Å². The fourth-order valence-electron chi connectivity index (χ4n) is 1.66. The molecule has 1 aromatic rings. The van der Waals surface area contributed by atoms with Crippen LogP contribution in [0.25, 0.3) is 0 Å². The van der Waals surface area contributed by atoms with Gasteiger partial charge in [-0.05, 0) is 19.4 Å². The number of hydrogen-bond donors (Lipinski definition) is 2. The number of rotatable bonds is 2. The van der Waals surface area contributed by atoms with Gasteiger partial charge < -0.3 is 14.9 Å². The van der Waals surface area contributed by atoms with Crippen LogP contribution in [-0.2, 0) is 6.42 Å². The molecule has 1 aromatic heterocycles. The van der Waals surface area contributed by atoms with Crippen molar-refractivity contribution in [2.24, 2.45) is 0 Å². The third kappa shape index (κ3) is 1.78. The highest BCUT2D eigenvalue weighted by molar-refractivity contribution is 4.97. The second kappa shape index (κ2) is 4.06. The molecule has 2 unspecified atom stereocenters. The van der Waals surface area contributed by atoms with Crippen molar-refractivity contribution >= 4 is 0 Å². The van der Waals surface area contributed by atoms with Crippen molar-refractivity contribution in [1.82, 2.24) is 15.5 Å².